The summed E-state index contributed by atoms with van der Waals surface area (Å²) in [4.78, 5) is 12.0. The molecule has 0 unspecified atom stereocenters. The molecule has 1 aliphatic rings. The number of phenolic OH excluding ortho intramolecular Hbond substituents is 3. The van der Waals surface area contributed by atoms with Gasteiger partial charge in [-0.2, -0.15) is 0 Å². The van der Waals surface area contributed by atoms with Crippen molar-refractivity contribution in [2.24, 2.45) is 11.8 Å². The monoisotopic (exact) mass is 314 g/mol. The third-order valence-electron chi connectivity index (χ3n) is 4.26. The summed E-state index contributed by atoms with van der Waals surface area (Å²) in [6.45, 7) is 0.318. The first-order chi connectivity index (χ1) is 11.0. The molecule has 0 radical (unpaired) electrons. The maximum Gasteiger partial charge on any atom is 0.309 e. The average molecular weight is 314 g/mol. The third-order valence-corrected chi connectivity index (χ3v) is 4.26. The molecule has 0 amide bonds. The first-order valence-corrected chi connectivity index (χ1v) is 7.49. The van der Waals surface area contributed by atoms with Crippen LogP contribution in [0.1, 0.15) is 11.1 Å². The fraction of sp³-hybridized carbons (Fsp3) is 0.278. The summed E-state index contributed by atoms with van der Waals surface area (Å²) in [6.07, 6.45) is 0.910. The van der Waals surface area contributed by atoms with Crippen LogP contribution in [0.5, 0.6) is 17.2 Å². The Kier molecular flexibility index (Phi) is 4.10. The Hall–Kier alpha value is -2.69. The summed E-state index contributed by atoms with van der Waals surface area (Å²) in [5.41, 5.74) is 1.45. The Morgan fingerprint density at radius 3 is 2.61 bits per heavy atom. The molecule has 0 aromatic heterocycles. The molecule has 120 valence electrons. The van der Waals surface area contributed by atoms with Gasteiger partial charge in [0.1, 0.15) is 5.75 Å². The van der Waals surface area contributed by atoms with Crippen molar-refractivity contribution >= 4 is 5.97 Å². The van der Waals surface area contributed by atoms with Crippen molar-refractivity contribution in [2.45, 2.75) is 12.8 Å². The zero-order chi connectivity index (χ0) is 16.4. The fourth-order valence-electron chi connectivity index (χ4n) is 3.02. The van der Waals surface area contributed by atoms with Crippen LogP contribution < -0.4 is 0 Å². The molecule has 0 aliphatic carbocycles. The molecule has 2 aromatic carbocycles. The van der Waals surface area contributed by atoms with E-state index in [-0.39, 0.29) is 35.1 Å². The Morgan fingerprint density at radius 1 is 1.04 bits per heavy atom. The number of benzene rings is 2. The quantitative estimate of drug-likeness (QED) is 0.596. The normalized spacial score (nSPS) is 20.4. The zero-order valence-electron chi connectivity index (χ0n) is 12.5. The van der Waals surface area contributed by atoms with E-state index in [1.807, 2.05) is 6.07 Å². The van der Waals surface area contributed by atoms with Crippen molar-refractivity contribution in [3.8, 4) is 17.2 Å². The van der Waals surface area contributed by atoms with Crippen LogP contribution in [0.15, 0.2) is 42.5 Å². The molecule has 5 nitrogen and oxygen atoms in total. The minimum atomic E-state index is -0.384. The topological polar surface area (TPSA) is 87.0 Å². The summed E-state index contributed by atoms with van der Waals surface area (Å²) >= 11 is 0. The molecule has 2 atom stereocenters. The number of cyclic esters (lactones) is 1. The standard InChI is InChI=1S/C18H18O5/c19-14-5-1-3-11(8-14)7-13-10-23-18(22)15(13)9-12-4-2-6-16(20)17(12)21/h1-6,8,13,15,19-21H,7,9-10H2/t13-,15+/m0/s1. The van der Waals surface area contributed by atoms with Gasteiger partial charge < -0.3 is 20.1 Å². The highest BCUT2D eigenvalue weighted by molar-refractivity contribution is 5.75. The van der Waals surface area contributed by atoms with E-state index in [0.717, 1.165) is 5.56 Å². The number of hydrogen-bond donors (Lipinski definition) is 3. The van der Waals surface area contributed by atoms with Gasteiger partial charge in [0.2, 0.25) is 0 Å². The van der Waals surface area contributed by atoms with Crippen LogP contribution in [-0.4, -0.2) is 27.9 Å². The van der Waals surface area contributed by atoms with Crippen molar-refractivity contribution in [1.82, 2.24) is 0 Å². The van der Waals surface area contributed by atoms with Crippen molar-refractivity contribution in [3.63, 3.8) is 0 Å². The van der Waals surface area contributed by atoms with E-state index in [1.54, 1.807) is 30.3 Å². The van der Waals surface area contributed by atoms with Crippen molar-refractivity contribution < 1.29 is 24.9 Å². The third kappa shape index (κ3) is 3.23. The van der Waals surface area contributed by atoms with Crippen LogP contribution >= 0.6 is 0 Å². The van der Waals surface area contributed by atoms with Crippen LogP contribution in [-0.2, 0) is 22.4 Å². The molecule has 0 spiro atoms. The minimum Gasteiger partial charge on any atom is -0.508 e. The number of esters is 1. The molecule has 3 N–H and O–H groups in total. The number of carbonyl (C=O) groups is 1. The van der Waals surface area contributed by atoms with Crippen LogP contribution in [0.2, 0.25) is 0 Å². The number of phenols is 3. The van der Waals surface area contributed by atoms with E-state index in [9.17, 15) is 20.1 Å². The molecule has 1 aliphatic heterocycles. The van der Waals surface area contributed by atoms with Crippen molar-refractivity contribution in [3.05, 3.63) is 53.6 Å². The van der Waals surface area contributed by atoms with Gasteiger partial charge in [0.25, 0.3) is 0 Å². The Balaban J connectivity index is 1.78. The largest absolute Gasteiger partial charge is 0.508 e. The number of hydrogen-bond acceptors (Lipinski definition) is 5. The van der Waals surface area contributed by atoms with E-state index in [1.165, 1.54) is 6.07 Å². The van der Waals surface area contributed by atoms with E-state index >= 15 is 0 Å². The summed E-state index contributed by atoms with van der Waals surface area (Å²) < 4.78 is 5.18. The van der Waals surface area contributed by atoms with Gasteiger partial charge in [-0.05, 0) is 42.2 Å². The van der Waals surface area contributed by atoms with Gasteiger partial charge in [-0.1, -0.05) is 24.3 Å². The van der Waals surface area contributed by atoms with Crippen LogP contribution in [0, 0.1) is 11.8 Å². The number of aromatic hydroxyl groups is 3. The lowest BCUT2D eigenvalue weighted by Crippen LogP contribution is -2.20. The predicted molar refractivity (Wildman–Crippen MR) is 83.2 cm³/mol. The van der Waals surface area contributed by atoms with Crippen molar-refractivity contribution in [2.75, 3.05) is 6.61 Å². The summed E-state index contributed by atoms with van der Waals surface area (Å²) in [7, 11) is 0. The Labute approximate surface area is 133 Å². The summed E-state index contributed by atoms with van der Waals surface area (Å²) in [5.74, 6) is -0.911. The molecule has 0 bridgehead atoms. The molecule has 5 heteroatoms. The highest BCUT2D eigenvalue weighted by Crippen LogP contribution is 2.35. The van der Waals surface area contributed by atoms with Crippen LogP contribution in [0.4, 0.5) is 0 Å². The van der Waals surface area contributed by atoms with E-state index in [0.29, 0.717) is 25.0 Å². The first-order valence-electron chi connectivity index (χ1n) is 7.49. The predicted octanol–water partition coefficient (Wildman–Crippen LogP) is 2.38. The lowest BCUT2D eigenvalue weighted by atomic mass is 9.85. The van der Waals surface area contributed by atoms with Crippen LogP contribution in [0.25, 0.3) is 0 Å². The van der Waals surface area contributed by atoms with Crippen LogP contribution in [0.3, 0.4) is 0 Å². The number of ether oxygens (including phenoxy) is 1. The van der Waals surface area contributed by atoms with E-state index < -0.39 is 0 Å². The second kappa shape index (κ2) is 6.20. The van der Waals surface area contributed by atoms with Gasteiger partial charge in [-0.15, -0.1) is 0 Å². The van der Waals surface area contributed by atoms with E-state index in [2.05, 4.69) is 0 Å². The number of carbonyl (C=O) groups excluding carboxylic acids is 1. The second-order valence-corrected chi connectivity index (χ2v) is 5.86. The smallest absolute Gasteiger partial charge is 0.309 e. The number of para-hydroxylation sites is 1. The maximum atomic E-state index is 12.0. The Bertz CT molecular complexity index is 725. The molecule has 23 heavy (non-hydrogen) atoms. The molecular weight excluding hydrogens is 296 g/mol. The lowest BCUT2D eigenvalue weighted by Gasteiger charge is -2.16. The second-order valence-electron chi connectivity index (χ2n) is 5.86. The maximum absolute atomic E-state index is 12.0. The Morgan fingerprint density at radius 2 is 1.83 bits per heavy atom. The van der Waals surface area contributed by atoms with Gasteiger partial charge in [0.05, 0.1) is 12.5 Å². The fourth-order valence-corrected chi connectivity index (χ4v) is 3.02. The van der Waals surface area contributed by atoms with Gasteiger partial charge in [0.15, 0.2) is 11.5 Å². The first kappa shape index (κ1) is 15.2. The van der Waals surface area contributed by atoms with E-state index in [4.69, 9.17) is 4.74 Å². The minimum absolute atomic E-state index is 0.0361. The van der Waals surface area contributed by atoms with Gasteiger partial charge in [-0.25, -0.2) is 0 Å². The average Bonchev–Trinajstić information content (AvgIpc) is 2.85. The van der Waals surface area contributed by atoms with Gasteiger partial charge >= 0.3 is 5.97 Å². The highest BCUT2D eigenvalue weighted by Gasteiger charge is 2.37. The van der Waals surface area contributed by atoms with Crippen molar-refractivity contribution in [1.29, 1.82) is 0 Å². The summed E-state index contributed by atoms with van der Waals surface area (Å²) in [5, 5.41) is 29.0. The lowest BCUT2D eigenvalue weighted by molar-refractivity contribution is -0.141. The molecule has 3 rings (SSSR count). The SMILES string of the molecule is O=C1OC[C@H](Cc2cccc(O)c2)[C@H]1Cc1cccc(O)c1O. The molecule has 1 heterocycles. The molecule has 1 fully saturated rings. The zero-order valence-corrected chi connectivity index (χ0v) is 12.5. The highest BCUT2D eigenvalue weighted by atomic mass is 16.5. The molecule has 0 saturated carbocycles. The van der Waals surface area contributed by atoms with Gasteiger partial charge in [-0.3, -0.25) is 4.79 Å². The molecule has 2 aromatic rings. The van der Waals surface area contributed by atoms with Gasteiger partial charge in [0, 0.05) is 5.92 Å². The summed E-state index contributed by atoms with van der Waals surface area (Å²) in [6, 6.07) is 11.6. The molecule has 1 saturated heterocycles. The molecular formula is C18H18O5. The number of rotatable bonds is 4.